The zero-order valence-corrected chi connectivity index (χ0v) is 22.4. The van der Waals surface area contributed by atoms with Crippen molar-refractivity contribution in [2.45, 2.75) is 19.0 Å². The number of benzene rings is 4. The molecule has 0 aliphatic heterocycles. The average molecular weight is 636 g/mol. The maximum atomic E-state index is 14.8. The first-order valence-corrected chi connectivity index (χ1v) is 12.5. The third-order valence-electron chi connectivity index (χ3n) is 5.98. The maximum Gasteiger partial charge on any atom is 0.432 e. The Morgan fingerprint density at radius 3 is 1.44 bits per heavy atom. The van der Waals surface area contributed by atoms with E-state index in [4.69, 9.17) is 0 Å². The van der Waals surface area contributed by atoms with Gasteiger partial charge < -0.3 is 4.74 Å². The Bertz CT molecular complexity index is 1850. The van der Waals surface area contributed by atoms with Crippen LogP contribution in [0.5, 0.6) is 5.75 Å². The first-order valence-electron chi connectivity index (χ1n) is 12.5. The highest BCUT2D eigenvalue weighted by Crippen LogP contribution is 2.36. The lowest BCUT2D eigenvalue weighted by Crippen LogP contribution is -2.25. The number of rotatable bonds is 6. The monoisotopic (exact) mass is 636 g/mol. The fourth-order valence-corrected chi connectivity index (χ4v) is 3.91. The molecule has 4 rings (SSSR count). The molecule has 0 aliphatic rings. The molecule has 0 bridgehead atoms. The first kappa shape index (κ1) is 32.7. The second-order valence-corrected chi connectivity index (χ2v) is 9.21. The van der Waals surface area contributed by atoms with Crippen LogP contribution in [-0.4, -0.2) is 0 Å². The van der Waals surface area contributed by atoms with E-state index in [0.717, 1.165) is 12.1 Å². The van der Waals surface area contributed by atoms with Crippen molar-refractivity contribution in [3.05, 3.63) is 147 Å². The van der Waals surface area contributed by atoms with Gasteiger partial charge in [-0.05, 0) is 54.8 Å². The lowest BCUT2D eigenvalue weighted by molar-refractivity contribution is -0.189. The summed E-state index contributed by atoms with van der Waals surface area (Å²) in [5.41, 5.74) is -4.55. The van der Waals surface area contributed by atoms with Gasteiger partial charge in [0.25, 0.3) is 0 Å². The molecule has 0 spiro atoms. The van der Waals surface area contributed by atoms with E-state index < -0.39 is 92.0 Å². The topological polar surface area (TPSA) is 9.23 Å². The zero-order chi connectivity index (χ0) is 33.1. The van der Waals surface area contributed by atoms with Crippen LogP contribution in [0.3, 0.4) is 0 Å². The highest BCUT2D eigenvalue weighted by molar-refractivity contribution is 5.48. The van der Waals surface area contributed by atoms with Gasteiger partial charge in [-0.3, -0.25) is 0 Å². The van der Waals surface area contributed by atoms with Crippen LogP contribution in [0.2, 0.25) is 0 Å². The molecule has 0 aromatic heterocycles. The fourth-order valence-electron chi connectivity index (χ4n) is 3.91. The zero-order valence-electron chi connectivity index (χ0n) is 22.4. The van der Waals surface area contributed by atoms with Gasteiger partial charge in [0, 0.05) is 23.3 Å². The molecule has 0 heterocycles. The third kappa shape index (κ3) is 7.47. The SMILES string of the molecule is C=CCCc1cc(F)c(C#Cc2cc(F)c(C(F)(F)Oc3cc(F)c(C#Cc4cc(F)c(F)c(F)c4)c(F)c3)c(F)c2)c(F)c1. The van der Waals surface area contributed by atoms with E-state index in [0.29, 0.717) is 42.7 Å². The normalized spacial score (nSPS) is 10.9. The molecular formula is C33H15F11O. The first-order chi connectivity index (χ1) is 21.2. The second-order valence-electron chi connectivity index (χ2n) is 9.21. The Morgan fingerprint density at radius 1 is 0.578 bits per heavy atom. The Balaban J connectivity index is 1.58. The van der Waals surface area contributed by atoms with Gasteiger partial charge in [-0.2, -0.15) is 8.78 Å². The van der Waals surface area contributed by atoms with Crippen LogP contribution in [0.1, 0.15) is 39.8 Å². The van der Waals surface area contributed by atoms with E-state index in [1.54, 1.807) is 6.08 Å². The van der Waals surface area contributed by atoms with Gasteiger partial charge in [-0.1, -0.05) is 29.8 Å². The highest BCUT2D eigenvalue weighted by atomic mass is 19.3. The van der Waals surface area contributed by atoms with E-state index in [1.165, 1.54) is 0 Å². The molecule has 0 N–H and O–H groups in total. The van der Waals surface area contributed by atoms with Crippen LogP contribution in [-0.2, 0) is 12.5 Å². The summed E-state index contributed by atoms with van der Waals surface area (Å²) in [6, 6.07) is 3.98. The van der Waals surface area contributed by atoms with E-state index >= 15 is 0 Å². The molecule has 1 nitrogen and oxygen atoms in total. The summed E-state index contributed by atoms with van der Waals surface area (Å²) in [5, 5.41) is 0. The molecule has 0 radical (unpaired) electrons. The Morgan fingerprint density at radius 2 is 1.00 bits per heavy atom. The molecule has 230 valence electrons. The van der Waals surface area contributed by atoms with Crippen LogP contribution >= 0.6 is 0 Å². The number of alkyl halides is 2. The van der Waals surface area contributed by atoms with Crippen molar-refractivity contribution in [1.29, 1.82) is 0 Å². The molecule has 0 atom stereocenters. The average Bonchev–Trinajstić information content (AvgIpc) is 2.93. The minimum absolute atomic E-state index is 0.203. The fraction of sp³-hybridized carbons (Fsp3) is 0.0909. The lowest BCUT2D eigenvalue weighted by Gasteiger charge is -2.20. The Hall–Kier alpha value is -5.23. The number of halogens is 11. The summed E-state index contributed by atoms with van der Waals surface area (Å²) in [6.45, 7) is 3.50. The predicted molar refractivity (Wildman–Crippen MR) is 140 cm³/mol. The number of allylic oxidation sites excluding steroid dienone is 1. The predicted octanol–water partition coefficient (Wildman–Crippen LogP) is 8.98. The summed E-state index contributed by atoms with van der Waals surface area (Å²) in [7, 11) is 0. The van der Waals surface area contributed by atoms with Gasteiger partial charge in [-0.15, -0.1) is 6.58 Å². The summed E-state index contributed by atoms with van der Waals surface area (Å²) >= 11 is 0. The standard InChI is InChI=1S/C33H15F11O/c1-2-3-4-17-9-23(34)21(24(35)10-17)7-5-18-11-27(38)31(28(39)12-18)33(43,44)45-20-15-25(36)22(26(37)16-20)8-6-19-13-29(40)32(42)30(41)14-19/h2,9-16H,1,3-4H2. The molecule has 0 amide bonds. The van der Waals surface area contributed by atoms with Gasteiger partial charge in [0.2, 0.25) is 0 Å². The van der Waals surface area contributed by atoms with Crippen molar-refractivity contribution >= 4 is 0 Å². The van der Waals surface area contributed by atoms with E-state index in [-0.39, 0.29) is 12.1 Å². The largest absolute Gasteiger partial charge is 0.432 e. The molecule has 12 heteroatoms. The molecular weight excluding hydrogens is 621 g/mol. The molecule has 0 aliphatic carbocycles. The van der Waals surface area contributed by atoms with Crippen molar-refractivity contribution < 1.29 is 53.0 Å². The lowest BCUT2D eigenvalue weighted by atomic mass is 10.0. The molecule has 4 aromatic rings. The maximum absolute atomic E-state index is 14.8. The van der Waals surface area contributed by atoms with Crippen molar-refractivity contribution in [3.8, 4) is 29.4 Å². The quantitative estimate of drug-likeness (QED) is 0.0889. The minimum atomic E-state index is -4.85. The molecule has 0 saturated heterocycles. The summed E-state index contributed by atoms with van der Waals surface area (Å²) in [4.78, 5) is 0. The van der Waals surface area contributed by atoms with Crippen molar-refractivity contribution in [1.82, 2.24) is 0 Å². The van der Waals surface area contributed by atoms with Crippen molar-refractivity contribution in [2.75, 3.05) is 0 Å². The number of hydrogen-bond acceptors (Lipinski definition) is 1. The number of ether oxygens (including phenoxy) is 1. The third-order valence-corrected chi connectivity index (χ3v) is 5.98. The highest BCUT2D eigenvalue weighted by Gasteiger charge is 2.41. The van der Waals surface area contributed by atoms with Gasteiger partial charge in [0.1, 0.15) is 46.2 Å². The Labute approximate surface area is 248 Å². The summed E-state index contributed by atoms with van der Waals surface area (Å²) < 4.78 is 160. The molecule has 0 fully saturated rings. The van der Waals surface area contributed by atoms with Crippen LogP contribution in [0.4, 0.5) is 48.3 Å². The van der Waals surface area contributed by atoms with E-state index in [2.05, 4.69) is 23.2 Å². The van der Waals surface area contributed by atoms with Crippen LogP contribution in [0.25, 0.3) is 0 Å². The van der Waals surface area contributed by atoms with Crippen LogP contribution < -0.4 is 4.74 Å². The molecule has 0 saturated carbocycles. The molecule has 4 aromatic carbocycles. The van der Waals surface area contributed by atoms with E-state index in [1.807, 2.05) is 11.8 Å². The van der Waals surface area contributed by atoms with Gasteiger partial charge in [0.15, 0.2) is 17.5 Å². The Kier molecular flexibility index (Phi) is 9.57. The van der Waals surface area contributed by atoms with Crippen molar-refractivity contribution in [2.24, 2.45) is 0 Å². The summed E-state index contributed by atoms with van der Waals surface area (Å²) in [6.07, 6.45) is -2.58. The molecule has 45 heavy (non-hydrogen) atoms. The van der Waals surface area contributed by atoms with Crippen molar-refractivity contribution in [3.63, 3.8) is 0 Å². The smallest absolute Gasteiger partial charge is 0.429 e. The van der Waals surface area contributed by atoms with Gasteiger partial charge in [0.05, 0.1) is 11.1 Å². The number of aryl methyl sites for hydroxylation is 1. The summed E-state index contributed by atoms with van der Waals surface area (Å²) in [5.74, 6) is -7.43. The van der Waals surface area contributed by atoms with Gasteiger partial charge in [-0.25, -0.2) is 39.5 Å². The van der Waals surface area contributed by atoms with Crippen LogP contribution in [0, 0.1) is 76.0 Å². The molecule has 0 unspecified atom stereocenters. The van der Waals surface area contributed by atoms with Gasteiger partial charge >= 0.3 is 6.11 Å². The minimum Gasteiger partial charge on any atom is -0.429 e. The second kappa shape index (κ2) is 13.2. The number of hydrogen-bond donors (Lipinski definition) is 0. The van der Waals surface area contributed by atoms with Crippen LogP contribution in [0.15, 0.2) is 61.2 Å². The van der Waals surface area contributed by atoms with E-state index in [9.17, 15) is 48.3 Å².